The van der Waals surface area contributed by atoms with Crippen LogP contribution < -0.4 is 10.6 Å². The molecule has 1 aromatic carbocycles. The van der Waals surface area contributed by atoms with Crippen LogP contribution in [0.2, 0.25) is 0 Å². The fourth-order valence-electron chi connectivity index (χ4n) is 2.48. The number of rotatable bonds is 4. The Labute approximate surface area is 137 Å². The summed E-state index contributed by atoms with van der Waals surface area (Å²) in [5.74, 6) is -0.486. The van der Waals surface area contributed by atoms with Crippen molar-refractivity contribution in [2.75, 3.05) is 0 Å². The minimum atomic E-state index is -0.719. The van der Waals surface area contributed by atoms with Gasteiger partial charge in [-0.2, -0.15) is 0 Å². The van der Waals surface area contributed by atoms with Crippen molar-refractivity contribution in [1.29, 1.82) is 0 Å². The van der Waals surface area contributed by atoms with Crippen molar-refractivity contribution >= 4 is 12.0 Å². The van der Waals surface area contributed by atoms with E-state index in [2.05, 4.69) is 10.6 Å². The van der Waals surface area contributed by atoms with Crippen LogP contribution in [0.25, 0.3) is 0 Å². The van der Waals surface area contributed by atoms with Gasteiger partial charge in [-0.25, -0.2) is 14.0 Å². The molecule has 0 saturated heterocycles. The van der Waals surface area contributed by atoms with Crippen molar-refractivity contribution in [3.8, 4) is 0 Å². The van der Waals surface area contributed by atoms with E-state index < -0.39 is 23.9 Å². The predicted molar refractivity (Wildman–Crippen MR) is 82.0 cm³/mol. The highest BCUT2D eigenvalue weighted by molar-refractivity contribution is 5.95. The summed E-state index contributed by atoms with van der Waals surface area (Å²) in [6.45, 7) is 1.59. The van der Waals surface area contributed by atoms with E-state index >= 15 is 0 Å². The number of nitrogens with one attached hydrogen (secondary N) is 2. The number of esters is 1. The van der Waals surface area contributed by atoms with E-state index in [0.29, 0.717) is 17.0 Å². The Hall–Kier alpha value is -3.09. The highest BCUT2D eigenvalue weighted by atomic mass is 19.1. The highest BCUT2D eigenvalue weighted by Gasteiger charge is 2.32. The minimum Gasteiger partial charge on any atom is -0.466 e. The van der Waals surface area contributed by atoms with Gasteiger partial charge < -0.3 is 19.8 Å². The molecule has 0 unspecified atom stereocenters. The van der Waals surface area contributed by atoms with Gasteiger partial charge in [0.2, 0.25) is 0 Å². The summed E-state index contributed by atoms with van der Waals surface area (Å²) in [7, 11) is 0. The van der Waals surface area contributed by atoms with Crippen LogP contribution in [0.1, 0.15) is 24.3 Å². The van der Waals surface area contributed by atoms with E-state index in [-0.39, 0.29) is 12.2 Å². The van der Waals surface area contributed by atoms with Gasteiger partial charge in [-0.1, -0.05) is 12.1 Å². The Bertz CT molecular complexity index is 781. The fraction of sp³-hybridized carbons (Fsp3) is 0.176. The molecule has 1 aromatic heterocycles. The first kappa shape index (κ1) is 15.8. The summed E-state index contributed by atoms with van der Waals surface area (Å²) in [4.78, 5) is 24.2. The third kappa shape index (κ3) is 3.29. The van der Waals surface area contributed by atoms with Crippen LogP contribution in [0.5, 0.6) is 0 Å². The van der Waals surface area contributed by atoms with E-state index in [1.54, 1.807) is 19.1 Å². The lowest BCUT2D eigenvalue weighted by molar-refractivity contribution is -0.141. The van der Waals surface area contributed by atoms with Crippen LogP contribution in [0.3, 0.4) is 0 Å². The molecule has 1 aliphatic heterocycles. The number of urea groups is 1. The van der Waals surface area contributed by atoms with E-state index in [9.17, 15) is 14.0 Å². The van der Waals surface area contributed by atoms with Crippen LogP contribution in [0.15, 0.2) is 58.3 Å². The van der Waals surface area contributed by atoms with Gasteiger partial charge in [-0.15, -0.1) is 0 Å². The third-order valence-corrected chi connectivity index (χ3v) is 3.62. The Morgan fingerprint density at radius 2 is 2.04 bits per heavy atom. The quantitative estimate of drug-likeness (QED) is 0.845. The van der Waals surface area contributed by atoms with Crippen molar-refractivity contribution in [2.24, 2.45) is 0 Å². The Morgan fingerprint density at radius 1 is 1.29 bits per heavy atom. The van der Waals surface area contributed by atoms with Crippen LogP contribution in [-0.2, 0) is 16.1 Å². The van der Waals surface area contributed by atoms with E-state index in [4.69, 9.17) is 9.15 Å². The summed E-state index contributed by atoms with van der Waals surface area (Å²) in [6, 6.07) is 7.78. The zero-order valence-electron chi connectivity index (χ0n) is 12.8. The number of furan rings is 1. The molecule has 2 aromatic rings. The first-order valence-electron chi connectivity index (χ1n) is 7.28. The summed E-state index contributed by atoms with van der Waals surface area (Å²) in [5, 5.41) is 5.20. The molecule has 0 fully saturated rings. The number of halogens is 1. The van der Waals surface area contributed by atoms with Gasteiger partial charge >= 0.3 is 12.0 Å². The average molecular weight is 330 g/mol. The van der Waals surface area contributed by atoms with Gasteiger partial charge in [-0.3, -0.25) is 0 Å². The molecule has 7 heteroatoms. The number of hydrogen-bond donors (Lipinski definition) is 2. The smallest absolute Gasteiger partial charge is 0.338 e. The van der Waals surface area contributed by atoms with Gasteiger partial charge in [0.15, 0.2) is 0 Å². The maximum Gasteiger partial charge on any atom is 0.338 e. The fourth-order valence-corrected chi connectivity index (χ4v) is 2.48. The maximum atomic E-state index is 13.1. The number of carbonyl (C=O) groups is 2. The molecule has 1 atom stereocenters. The predicted octanol–water partition coefficient (Wildman–Crippen LogP) is 2.79. The molecule has 2 heterocycles. The molecule has 2 amide bonds. The van der Waals surface area contributed by atoms with Crippen molar-refractivity contribution in [2.45, 2.75) is 19.6 Å². The minimum absolute atomic E-state index is 0.0211. The van der Waals surface area contributed by atoms with Crippen LogP contribution in [-0.4, -0.2) is 12.0 Å². The van der Waals surface area contributed by atoms with Crippen LogP contribution >= 0.6 is 0 Å². The summed E-state index contributed by atoms with van der Waals surface area (Å²) >= 11 is 0. The normalized spacial score (nSPS) is 17.2. The first-order valence-corrected chi connectivity index (χ1v) is 7.28. The SMILES string of the molecule is CC1=C(C(=O)OCc2ccco2)[C@@H](c2ccc(F)cc2)NC(=O)N1. The van der Waals surface area contributed by atoms with Crippen molar-refractivity contribution in [3.63, 3.8) is 0 Å². The number of hydrogen-bond acceptors (Lipinski definition) is 4. The van der Waals surface area contributed by atoms with Gasteiger partial charge in [-0.05, 0) is 36.8 Å². The molecule has 0 spiro atoms. The Balaban J connectivity index is 1.85. The molecule has 0 bridgehead atoms. The molecule has 1 aliphatic rings. The van der Waals surface area contributed by atoms with Gasteiger partial charge in [0.25, 0.3) is 0 Å². The van der Waals surface area contributed by atoms with E-state index in [1.807, 2.05) is 0 Å². The molecule has 124 valence electrons. The third-order valence-electron chi connectivity index (χ3n) is 3.62. The molecular weight excluding hydrogens is 315 g/mol. The van der Waals surface area contributed by atoms with Crippen molar-refractivity contribution in [3.05, 3.63) is 71.1 Å². The van der Waals surface area contributed by atoms with Gasteiger partial charge in [0, 0.05) is 5.70 Å². The van der Waals surface area contributed by atoms with Crippen molar-refractivity contribution in [1.82, 2.24) is 10.6 Å². The summed E-state index contributed by atoms with van der Waals surface area (Å²) in [5.41, 5.74) is 1.22. The molecular formula is C17H15FN2O4. The molecule has 24 heavy (non-hydrogen) atoms. The molecule has 0 aliphatic carbocycles. The molecule has 3 rings (SSSR count). The monoisotopic (exact) mass is 330 g/mol. The second-order valence-electron chi connectivity index (χ2n) is 5.28. The van der Waals surface area contributed by atoms with Gasteiger partial charge in [0.05, 0.1) is 17.9 Å². The van der Waals surface area contributed by atoms with Crippen molar-refractivity contribution < 1.29 is 23.1 Å². The second-order valence-corrected chi connectivity index (χ2v) is 5.28. The summed E-state index contributed by atoms with van der Waals surface area (Å²) in [6.07, 6.45) is 1.48. The largest absolute Gasteiger partial charge is 0.466 e. The Kier molecular flexibility index (Phi) is 4.33. The van der Waals surface area contributed by atoms with E-state index in [1.165, 1.54) is 30.5 Å². The summed E-state index contributed by atoms with van der Waals surface area (Å²) < 4.78 is 23.5. The molecule has 2 N–H and O–H groups in total. The van der Waals surface area contributed by atoms with Gasteiger partial charge in [0.1, 0.15) is 18.2 Å². The zero-order chi connectivity index (χ0) is 17.1. The van der Waals surface area contributed by atoms with E-state index in [0.717, 1.165) is 0 Å². The number of benzene rings is 1. The van der Waals surface area contributed by atoms with Crippen LogP contribution in [0, 0.1) is 5.82 Å². The highest BCUT2D eigenvalue weighted by Crippen LogP contribution is 2.28. The number of amides is 2. The number of allylic oxidation sites excluding steroid dienone is 1. The lowest BCUT2D eigenvalue weighted by Crippen LogP contribution is -2.45. The number of carbonyl (C=O) groups excluding carboxylic acids is 2. The molecule has 0 saturated carbocycles. The second kappa shape index (κ2) is 6.57. The first-order chi connectivity index (χ1) is 11.5. The maximum absolute atomic E-state index is 13.1. The Morgan fingerprint density at radius 3 is 2.71 bits per heavy atom. The lowest BCUT2D eigenvalue weighted by Gasteiger charge is -2.28. The standard InChI is InChI=1S/C17H15FN2O4/c1-10-14(16(21)24-9-13-3-2-8-23-13)15(20-17(22)19-10)11-4-6-12(18)7-5-11/h2-8,15H,9H2,1H3,(H2,19,20,22)/t15-/m1/s1. The average Bonchev–Trinajstić information content (AvgIpc) is 3.06. The number of ether oxygens (including phenoxy) is 1. The topological polar surface area (TPSA) is 80.6 Å². The molecule has 6 nitrogen and oxygen atoms in total. The lowest BCUT2D eigenvalue weighted by atomic mass is 9.95. The van der Waals surface area contributed by atoms with Crippen LogP contribution in [0.4, 0.5) is 9.18 Å². The molecule has 0 radical (unpaired) electrons. The zero-order valence-corrected chi connectivity index (χ0v) is 12.8.